The Morgan fingerprint density at radius 1 is 1.15 bits per heavy atom. The number of hydrazine groups is 1. The molecule has 1 aromatic rings. The Labute approximate surface area is 121 Å². The van der Waals surface area contributed by atoms with Crippen molar-refractivity contribution in [3.05, 3.63) is 29.8 Å². The number of para-hydroxylation sites is 1. The minimum Gasteiger partial charge on any atom is -0.491 e. The van der Waals surface area contributed by atoms with E-state index < -0.39 is 0 Å². The molecule has 2 saturated carbocycles. The Bertz CT molecular complexity index is 448. The highest BCUT2D eigenvalue weighted by Gasteiger charge is 2.54. The third-order valence-electron chi connectivity index (χ3n) is 4.90. The second-order valence-electron chi connectivity index (χ2n) is 6.54. The van der Waals surface area contributed by atoms with Gasteiger partial charge < -0.3 is 4.74 Å². The SMILES string of the molecule is CC(C)Oc1ccccc1C(NN)C1C2CCCCC21. The fraction of sp³-hybridized carbons (Fsp3) is 0.647. The van der Waals surface area contributed by atoms with E-state index in [1.807, 2.05) is 6.07 Å². The minimum absolute atomic E-state index is 0.191. The van der Waals surface area contributed by atoms with Crippen LogP contribution in [0.4, 0.5) is 0 Å². The van der Waals surface area contributed by atoms with Gasteiger partial charge in [0.15, 0.2) is 0 Å². The van der Waals surface area contributed by atoms with Crippen LogP contribution in [0, 0.1) is 17.8 Å². The lowest BCUT2D eigenvalue weighted by Crippen LogP contribution is -2.31. The predicted octanol–water partition coefficient (Wildman–Crippen LogP) is 3.41. The van der Waals surface area contributed by atoms with Gasteiger partial charge in [-0.1, -0.05) is 31.0 Å². The Morgan fingerprint density at radius 2 is 1.80 bits per heavy atom. The van der Waals surface area contributed by atoms with Crippen LogP contribution in [0.15, 0.2) is 24.3 Å². The van der Waals surface area contributed by atoms with Crippen LogP contribution in [0.1, 0.15) is 51.1 Å². The van der Waals surface area contributed by atoms with Crippen LogP contribution in [-0.2, 0) is 0 Å². The molecule has 0 radical (unpaired) electrons. The molecule has 3 N–H and O–H groups in total. The summed E-state index contributed by atoms with van der Waals surface area (Å²) >= 11 is 0. The van der Waals surface area contributed by atoms with Gasteiger partial charge in [-0.3, -0.25) is 11.3 Å². The highest BCUT2D eigenvalue weighted by molar-refractivity contribution is 5.37. The number of fused-ring (bicyclic) bond motifs is 1. The fourth-order valence-corrected chi connectivity index (χ4v) is 4.05. The Morgan fingerprint density at radius 3 is 2.40 bits per heavy atom. The van der Waals surface area contributed by atoms with E-state index >= 15 is 0 Å². The summed E-state index contributed by atoms with van der Waals surface area (Å²) in [6, 6.07) is 8.57. The molecule has 110 valence electrons. The van der Waals surface area contributed by atoms with Gasteiger partial charge in [0.25, 0.3) is 0 Å². The molecule has 3 atom stereocenters. The maximum absolute atomic E-state index is 5.96. The second kappa shape index (κ2) is 5.74. The van der Waals surface area contributed by atoms with Gasteiger partial charge in [-0.25, -0.2) is 0 Å². The molecule has 0 amide bonds. The summed E-state index contributed by atoms with van der Waals surface area (Å²) in [6.45, 7) is 4.14. The largest absolute Gasteiger partial charge is 0.491 e. The van der Waals surface area contributed by atoms with Crippen LogP contribution in [0.25, 0.3) is 0 Å². The zero-order valence-corrected chi connectivity index (χ0v) is 12.5. The molecule has 2 fully saturated rings. The van der Waals surface area contributed by atoms with Gasteiger partial charge in [-0.2, -0.15) is 0 Å². The summed E-state index contributed by atoms with van der Waals surface area (Å²) in [5.74, 6) is 9.31. The molecule has 2 aliphatic rings. The van der Waals surface area contributed by atoms with Crippen molar-refractivity contribution in [2.75, 3.05) is 0 Å². The molecule has 2 aliphatic carbocycles. The van der Waals surface area contributed by atoms with Gasteiger partial charge in [0.05, 0.1) is 12.1 Å². The topological polar surface area (TPSA) is 47.3 Å². The lowest BCUT2D eigenvalue weighted by atomic mass is 9.99. The number of nitrogens with one attached hydrogen (secondary N) is 1. The van der Waals surface area contributed by atoms with Crippen LogP contribution in [0.5, 0.6) is 5.75 Å². The van der Waals surface area contributed by atoms with Crippen molar-refractivity contribution in [1.29, 1.82) is 0 Å². The van der Waals surface area contributed by atoms with E-state index in [1.54, 1.807) is 0 Å². The molecule has 3 heteroatoms. The van der Waals surface area contributed by atoms with Crippen LogP contribution >= 0.6 is 0 Å². The zero-order chi connectivity index (χ0) is 14.1. The van der Waals surface area contributed by atoms with Crippen molar-refractivity contribution in [3.8, 4) is 5.75 Å². The van der Waals surface area contributed by atoms with Crippen LogP contribution in [-0.4, -0.2) is 6.10 Å². The monoisotopic (exact) mass is 274 g/mol. The predicted molar refractivity (Wildman–Crippen MR) is 81.2 cm³/mol. The Balaban J connectivity index is 1.83. The van der Waals surface area contributed by atoms with Crippen molar-refractivity contribution >= 4 is 0 Å². The molecular formula is C17H26N2O. The van der Waals surface area contributed by atoms with Gasteiger partial charge in [0, 0.05) is 5.56 Å². The summed E-state index contributed by atoms with van der Waals surface area (Å²) in [5, 5.41) is 0. The first-order valence-electron chi connectivity index (χ1n) is 7.94. The maximum atomic E-state index is 5.96. The smallest absolute Gasteiger partial charge is 0.124 e. The molecule has 3 rings (SSSR count). The average Bonchev–Trinajstić information content (AvgIpc) is 3.16. The van der Waals surface area contributed by atoms with Crippen molar-refractivity contribution < 1.29 is 4.74 Å². The number of benzene rings is 1. The number of hydrogen-bond donors (Lipinski definition) is 2. The van der Waals surface area contributed by atoms with Gasteiger partial charge in [0.2, 0.25) is 0 Å². The summed E-state index contributed by atoms with van der Waals surface area (Å²) in [5.41, 5.74) is 4.30. The molecular weight excluding hydrogens is 248 g/mol. The Kier molecular flexibility index (Phi) is 3.99. The minimum atomic E-state index is 0.191. The van der Waals surface area contributed by atoms with Gasteiger partial charge in [0.1, 0.15) is 5.75 Å². The summed E-state index contributed by atoms with van der Waals surface area (Å²) in [4.78, 5) is 0. The lowest BCUT2D eigenvalue weighted by Gasteiger charge is -2.21. The standard InChI is InChI=1S/C17H26N2O/c1-11(2)20-15-10-6-5-9-14(15)17(19-18)16-12-7-3-4-8-13(12)16/h5-6,9-13,16-17,19H,3-4,7-8,18H2,1-2H3. The first-order chi connectivity index (χ1) is 9.72. The molecule has 1 aromatic carbocycles. The summed E-state index contributed by atoms with van der Waals surface area (Å²) in [6.07, 6.45) is 5.72. The third kappa shape index (κ3) is 2.57. The van der Waals surface area contributed by atoms with Crippen molar-refractivity contribution in [2.45, 2.75) is 51.7 Å². The first kappa shape index (κ1) is 13.9. The second-order valence-corrected chi connectivity index (χ2v) is 6.54. The molecule has 3 unspecified atom stereocenters. The quantitative estimate of drug-likeness (QED) is 0.639. The molecule has 3 nitrogen and oxygen atoms in total. The van der Waals surface area contributed by atoms with E-state index in [0.29, 0.717) is 5.92 Å². The number of ether oxygens (including phenoxy) is 1. The zero-order valence-electron chi connectivity index (χ0n) is 12.5. The van der Waals surface area contributed by atoms with E-state index in [2.05, 4.69) is 37.5 Å². The molecule has 0 aliphatic heterocycles. The molecule has 0 saturated heterocycles. The molecule has 20 heavy (non-hydrogen) atoms. The summed E-state index contributed by atoms with van der Waals surface area (Å²) in [7, 11) is 0. The summed E-state index contributed by atoms with van der Waals surface area (Å²) < 4.78 is 5.96. The van der Waals surface area contributed by atoms with Gasteiger partial charge in [-0.15, -0.1) is 0 Å². The third-order valence-corrected chi connectivity index (χ3v) is 4.90. The fourth-order valence-electron chi connectivity index (χ4n) is 4.05. The van der Waals surface area contributed by atoms with Crippen LogP contribution < -0.4 is 16.0 Å². The van der Waals surface area contributed by atoms with Crippen molar-refractivity contribution in [2.24, 2.45) is 23.6 Å². The molecule has 0 aromatic heterocycles. The lowest BCUT2D eigenvalue weighted by molar-refractivity contribution is 0.236. The van der Waals surface area contributed by atoms with Gasteiger partial charge in [-0.05, 0) is 50.5 Å². The average molecular weight is 274 g/mol. The van der Waals surface area contributed by atoms with E-state index in [9.17, 15) is 0 Å². The molecule has 0 heterocycles. The first-order valence-corrected chi connectivity index (χ1v) is 7.94. The number of rotatable bonds is 5. The normalized spacial score (nSPS) is 29.9. The van der Waals surface area contributed by atoms with Crippen LogP contribution in [0.2, 0.25) is 0 Å². The van der Waals surface area contributed by atoms with E-state index in [0.717, 1.165) is 17.6 Å². The number of hydrogen-bond acceptors (Lipinski definition) is 3. The van der Waals surface area contributed by atoms with E-state index in [4.69, 9.17) is 10.6 Å². The maximum Gasteiger partial charge on any atom is 0.124 e. The van der Waals surface area contributed by atoms with Crippen molar-refractivity contribution in [1.82, 2.24) is 5.43 Å². The highest BCUT2D eigenvalue weighted by Crippen LogP contribution is 2.60. The van der Waals surface area contributed by atoms with Gasteiger partial charge >= 0.3 is 0 Å². The van der Waals surface area contributed by atoms with E-state index in [-0.39, 0.29) is 12.1 Å². The Hall–Kier alpha value is -1.06. The van der Waals surface area contributed by atoms with E-state index in [1.165, 1.54) is 31.2 Å². The number of nitrogens with two attached hydrogens (primary N) is 1. The molecule has 0 bridgehead atoms. The van der Waals surface area contributed by atoms with Crippen LogP contribution in [0.3, 0.4) is 0 Å². The molecule has 0 spiro atoms. The highest BCUT2D eigenvalue weighted by atomic mass is 16.5. The van der Waals surface area contributed by atoms with Crippen molar-refractivity contribution in [3.63, 3.8) is 0 Å².